The van der Waals surface area contributed by atoms with Crippen LogP contribution < -0.4 is 37.2 Å². The molecule has 336 valence electrons. The fourth-order valence-electron chi connectivity index (χ4n) is 6.52. The summed E-state index contributed by atoms with van der Waals surface area (Å²) in [4.78, 5) is 96.9. The lowest BCUT2D eigenvalue weighted by atomic mass is 10.0. The van der Waals surface area contributed by atoms with Crippen molar-refractivity contribution in [1.82, 2.24) is 31.6 Å². The number of anilines is 1. The van der Waals surface area contributed by atoms with Gasteiger partial charge in [0.15, 0.2) is 0 Å². The SMILES string of the molecule is CN(C)c1ccc(/C=C\C(=O)NCCCC[C@H](NC(=O)[C@H](Cc2c[nH]c3ccccc23)NC(=O)OC(C)(C)C)C(=O)N[C@@H](CC(=O)O)C(=O)N[C@@H](Cc2ccccc2)C(N)=O)cc1. The molecule has 0 unspecified atom stereocenters. The van der Waals surface area contributed by atoms with E-state index in [0.717, 1.165) is 22.2 Å². The monoisotopic (exact) mass is 866 g/mol. The summed E-state index contributed by atoms with van der Waals surface area (Å²) in [5, 5.41) is 23.6. The van der Waals surface area contributed by atoms with Crippen molar-refractivity contribution >= 4 is 64.3 Å². The lowest BCUT2D eigenvalue weighted by molar-refractivity contribution is -0.141. The number of rotatable bonds is 22. The first-order valence-corrected chi connectivity index (χ1v) is 20.6. The number of aromatic amines is 1. The topological polar surface area (TPSA) is 254 Å². The van der Waals surface area contributed by atoms with Crippen molar-refractivity contribution in [3.8, 4) is 0 Å². The molecule has 0 fully saturated rings. The standard InChI is InChI=1S/C46H58N8O9/c1-46(2,3)63-45(62)53-37(26-31-28-49-34-16-10-9-15-33(31)34)43(60)50-35(17-11-12-24-48-39(55)23-20-29-18-21-32(22-19-29)54(4)5)42(59)52-38(27-40(56)57)44(61)51-36(41(47)58)25-30-13-7-6-8-14-30/h6-10,13-16,18-23,28,35-38,49H,11-12,17,24-27H2,1-5H3,(H2,47,58)(H,48,55)(H,50,60)(H,51,61)(H,52,59)(H,53,62)(H,56,57)/b23-20-/t35-,36-,37-,38-/m0/s1. The number of fused-ring (bicyclic) bond motifs is 1. The molecule has 17 nitrogen and oxygen atoms in total. The highest BCUT2D eigenvalue weighted by Crippen LogP contribution is 2.20. The molecule has 0 aliphatic rings. The number of nitrogens with zero attached hydrogens (tertiary/aromatic N) is 1. The number of alkyl carbamates (subject to hydrolysis) is 1. The van der Waals surface area contributed by atoms with Gasteiger partial charge in [0.25, 0.3) is 0 Å². The number of nitrogens with two attached hydrogens (primary N) is 1. The highest BCUT2D eigenvalue weighted by atomic mass is 16.6. The average molecular weight is 867 g/mol. The van der Waals surface area contributed by atoms with E-state index in [4.69, 9.17) is 10.5 Å². The highest BCUT2D eigenvalue weighted by Gasteiger charge is 2.33. The van der Waals surface area contributed by atoms with E-state index in [-0.39, 0.29) is 38.1 Å². The Kier molecular flexibility index (Phi) is 17.8. The number of amides is 6. The number of para-hydroxylation sites is 1. The molecular formula is C46H58N8O9. The number of aromatic nitrogens is 1. The first-order valence-electron chi connectivity index (χ1n) is 20.6. The van der Waals surface area contributed by atoms with Gasteiger partial charge in [-0.2, -0.15) is 0 Å². The van der Waals surface area contributed by atoms with Gasteiger partial charge in [-0.1, -0.05) is 60.7 Å². The van der Waals surface area contributed by atoms with Crippen LogP contribution in [0.5, 0.6) is 0 Å². The van der Waals surface area contributed by atoms with Crippen LogP contribution in [-0.4, -0.2) is 102 Å². The second kappa shape index (κ2) is 23.2. The zero-order valence-electron chi connectivity index (χ0n) is 36.2. The van der Waals surface area contributed by atoms with E-state index in [1.165, 1.54) is 6.08 Å². The molecule has 0 bridgehead atoms. The Hall–Kier alpha value is -7.17. The van der Waals surface area contributed by atoms with Crippen LogP contribution in [0.2, 0.25) is 0 Å². The molecule has 0 aliphatic heterocycles. The Morgan fingerprint density at radius 3 is 2.03 bits per heavy atom. The maximum Gasteiger partial charge on any atom is 0.408 e. The summed E-state index contributed by atoms with van der Waals surface area (Å²) in [5.74, 6) is -5.29. The summed E-state index contributed by atoms with van der Waals surface area (Å²) in [6.07, 6.45) is 3.67. The molecule has 1 heterocycles. The fourth-order valence-corrected chi connectivity index (χ4v) is 6.52. The molecule has 4 atom stereocenters. The van der Waals surface area contributed by atoms with Gasteiger partial charge in [0, 0.05) is 62.3 Å². The van der Waals surface area contributed by atoms with Crippen molar-refractivity contribution < 1.29 is 43.4 Å². The Bertz CT molecular complexity index is 2230. The second-order valence-corrected chi connectivity index (χ2v) is 16.2. The number of nitrogens with one attached hydrogen (secondary N) is 6. The maximum atomic E-state index is 14.2. The number of aliphatic carboxylic acids is 1. The minimum Gasteiger partial charge on any atom is -0.481 e. The van der Waals surface area contributed by atoms with Crippen LogP contribution in [0.1, 0.15) is 63.1 Å². The van der Waals surface area contributed by atoms with Gasteiger partial charge in [-0.3, -0.25) is 28.8 Å². The zero-order chi connectivity index (χ0) is 46.1. The number of benzene rings is 3. The van der Waals surface area contributed by atoms with Crippen LogP contribution in [0.3, 0.4) is 0 Å². The number of carboxylic acids is 1. The minimum atomic E-state index is -1.68. The van der Waals surface area contributed by atoms with Gasteiger partial charge in [-0.15, -0.1) is 0 Å². The third-order valence-electron chi connectivity index (χ3n) is 9.75. The number of H-pyrrole nitrogens is 1. The van der Waals surface area contributed by atoms with Crippen LogP contribution >= 0.6 is 0 Å². The second-order valence-electron chi connectivity index (χ2n) is 16.2. The van der Waals surface area contributed by atoms with E-state index >= 15 is 0 Å². The highest BCUT2D eigenvalue weighted by molar-refractivity contribution is 5.97. The Balaban J connectivity index is 1.52. The predicted octanol–water partition coefficient (Wildman–Crippen LogP) is 3.33. The number of carboxylic acid groups (broad SMARTS) is 1. The molecule has 6 amide bonds. The quantitative estimate of drug-likeness (QED) is 0.0423. The third kappa shape index (κ3) is 16.3. The number of ether oxygens (including phenoxy) is 1. The average Bonchev–Trinajstić information content (AvgIpc) is 3.63. The van der Waals surface area contributed by atoms with E-state index in [1.54, 1.807) is 63.4 Å². The number of unbranched alkanes of at least 4 members (excludes halogenated alkanes) is 1. The predicted molar refractivity (Wildman–Crippen MR) is 239 cm³/mol. The molecule has 0 radical (unpaired) electrons. The summed E-state index contributed by atoms with van der Waals surface area (Å²) < 4.78 is 5.45. The van der Waals surface area contributed by atoms with Crippen LogP contribution in [0, 0.1) is 0 Å². The van der Waals surface area contributed by atoms with E-state index < -0.39 is 71.9 Å². The Morgan fingerprint density at radius 2 is 1.38 bits per heavy atom. The summed E-state index contributed by atoms with van der Waals surface area (Å²) in [5.41, 5.74) is 8.71. The van der Waals surface area contributed by atoms with E-state index in [9.17, 15) is 38.7 Å². The largest absolute Gasteiger partial charge is 0.481 e. The van der Waals surface area contributed by atoms with Crippen LogP contribution in [0.4, 0.5) is 10.5 Å². The molecule has 4 rings (SSSR count). The number of primary amides is 1. The molecule has 0 saturated heterocycles. The fraction of sp³-hybridized carbons (Fsp3) is 0.370. The molecule has 1 aromatic heterocycles. The molecule has 0 aliphatic carbocycles. The first-order chi connectivity index (χ1) is 29.9. The van der Waals surface area contributed by atoms with Crippen LogP contribution in [0.15, 0.2) is 91.1 Å². The summed E-state index contributed by atoms with van der Waals surface area (Å²) >= 11 is 0. The van der Waals surface area contributed by atoms with E-state index in [0.29, 0.717) is 17.5 Å². The van der Waals surface area contributed by atoms with Crippen LogP contribution in [0.25, 0.3) is 17.0 Å². The van der Waals surface area contributed by atoms with Gasteiger partial charge in [0.1, 0.15) is 29.8 Å². The van der Waals surface area contributed by atoms with Crippen molar-refractivity contribution in [2.45, 2.75) is 89.1 Å². The lowest BCUT2D eigenvalue weighted by Gasteiger charge is -2.26. The number of carbonyl (C=O) groups excluding carboxylic acids is 6. The van der Waals surface area contributed by atoms with Crippen molar-refractivity contribution in [3.05, 3.63) is 108 Å². The van der Waals surface area contributed by atoms with Crippen molar-refractivity contribution in [2.75, 3.05) is 25.5 Å². The van der Waals surface area contributed by atoms with Gasteiger partial charge in [0.2, 0.25) is 29.5 Å². The first kappa shape index (κ1) is 48.5. The smallest absolute Gasteiger partial charge is 0.408 e. The minimum absolute atomic E-state index is 0.00694. The molecule has 0 saturated carbocycles. The Morgan fingerprint density at radius 1 is 0.762 bits per heavy atom. The molecule has 17 heteroatoms. The maximum absolute atomic E-state index is 14.2. The van der Waals surface area contributed by atoms with Crippen molar-refractivity contribution in [2.24, 2.45) is 5.73 Å². The molecule has 0 spiro atoms. The van der Waals surface area contributed by atoms with Gasteiger partial charge in [-0.25, -0.2) is 4.79 Å². The van der Waals surface area contributed by atoms with Gasteiger partial charge in [-0.05, 0) is 81.0 Å². The molecule has 9 N–H and O–H groups in total. The van der Waals surface area contributed by atoms with Gasteiger partial charge in [0.05, 0.1) is 6.42 Å². The Labute approximate surface area is 366 Å². The van der Waals surface area contributed by atoms with Crippen molar-refractivity contribution in [3.63, 3.8) is 0 Å². The number of carbonyl (C=O) groups is 7. The normalized spacial score (nSPS) is 13.2. The van der Waals surface area contributed by atoms with E-state index in [2.05, 4.69) is 31.6 Å². The number of hydrogen-bond acceptors (Lipinski definition) is 9. The summed E-state index contributed by atoms with van der Waals surface area (Å²) in [7, 11) is 3.86. The van der Waals surface area contributed by atoms with Gasteiger partial charge < -0.3 is 52.0 Å². The molecule has 63 heavy (non-hydrogen) atoms. The summed E-state index contributed by atoms with van der Waals surface area (Å²) in [6, 6.07) is 18.2. The number of hydrogen-bond donors (Lipinski definition) is 8. The molecular weight excluding hydrogens is 809 g/mol. The zero-order valence-corrected chi connectivity index (χ0v) is 36.2. The summed E-state index contributed by atoms with van der Waals surface area (Å²) in [6.45, 7) is 5.22. The lowest BCUT2D eigenvalue weighted by Crippen LogP contribution is -2.59. The molecule has 4 aromatic rings. The van der Waals surface area contributed by atoms with Crippen molar-refractivity contribution in [1.29, 1.82) is 0 Å². The van der Waals surface area contributed by atoms with Gasteiger partial charge >= 0.3 is 12.1 Å². The van der Waals surface area contributed by atoms with Crippen LogP contribution in [-0.2, 0) is 46.3 Å². The third-order valence-corrected chi connectivity index (χ3v) is 9.75. The molecule has 3 aromatic carbocycles. The van der Waals surface area contributed by atoms with E-state index in [1.807, 2.05) is 67.5 Å².